The molecule has 3 nitrogen and oxygen atoms in total. The summed E-state index contributed by atoms with van der Waals surface area (Å²) in [4.78, 5) is 0. The molecule has 2 aliphatic heterocycles. The summed E-state index contributed by atoms with van der Waals surface area (Å²) in [7, 11) is 0. The summed E-state index contributed by atoms with van der Waals surface area (Å²) < 4.78 is 11.8. The second-order valence-corrected chi connectivity index (χ2v) is 5.92. The molecular formula is C16H22ClNO2. The molecule has 0 saturated carbocycles. The van der Waals surface area contributed by atoms with Gasteiger partial charge in [0.25, 0.3) is 0 Å². The third-order valence-corrected chi connectivity index (χ3v) is 4.52. The van der Waals surface area contributed by atoms with Crippen LogP contribution in [-0.4, -0.2) is 26.3 Å². The Kier molecular flexibility index (Phi) is 4.37. The fraction of sp³-hybridized carbons (Fsp3) is 0.625. The van der Waals surface area contributed by atoms with E-state index >= 15 is 0 Å². The number of hydrogen-bond donors (Lipinski definition) is 1. The van der Waals surface area contributed by atoms with Crippen molar-refractivity contribution in [2.24, 2.45) is 0 Å². The monoisotopic (exact) mass is 295 g/mol. The molecule has 1 N–H and O–H groups in total. The quantitative estimate of drug-likeness (QED) is 0.905. The van der Waals surface area contributed by atoms with Crippen molar-refractivity contribution in [2.75, 3.05) is 26.3 Å². The Labute approximate surface area is 125 Å². The number of rotatable bonds is 2. The number of benzene rings is 1. The van der Waals surface area contributed by atoms with Gasteiger partial charge in [0.1, 0.15) is 0 Å². The van der Waals surface area contributed by atoms with E-state index in [-0.39, 0.29) is 0 Å². The van der Waals surface area contributed by atoms with Crippen LogP contribution in [-0.2, 0) is 6.42 Å². The van der Waals surface area contributed by atoms with Crippen molar-refractivity contribution in [1.82, 2.24) is 5.32 Å². The minimum Gasteiger partial charge on any atom is -0.489 e. The molecular weight excluding hydrogens is 274 g/mol. The Morgan fingerprint density at radius 3 is 2.60 bits per heavy atom. The zero-order chi connectivity index (χ0) is 13.9. The van der Waals surface area contributed by atoms with Gasteiger partial charge in [-0.25, -0.2) is 0 Å². The zero-order valence-electron chi connectivity index (χ0n) is 12.0. The highest BCUT2D eigenvalue weighted by Gasteiger charge is 2.25. The maximum absolute atomic E-state index is 6.45. The van der Waals surface area contributed by atoms with Crippen LogP contribution in [0, 0.1) is 0 Å². The molecule has 110 valence electrons. The maximum Gasteiger partial charge on any atom is 0.180 e. The van der Waals surface area contributed by atoms with E-state index in [4.69, 9.17) is 21.1 Å². The van der Waals surface area contributed by atoms with Gasteiger partial charge in [-0.05, 0) is 49.9 Å². The van der Waals surface area contributed by atoms with Crippen molar-refractivity contribution in [3.8, 4) is 11.5 Å². The highest BCUT2D eigenvalue weighted by atomic mass is 35.5. The Bertz CT molecular complexity index is 484. The first-order valence-corrected chi connectivity index (χ1v) is 8.00. The molecule has 20 heavy (non-hydrogen) atoms. The third kappa shape index (κ3) is 2.61. The molecule has 0 amide bonds. The molecule has 0 aromatic heterocycles. The van der Waals surface area contributed by atoms with E-state index < -0.39 is 0 Å². The van der Waals surface area contributed by atoms with Crippen LogP contribution >= 0.6 is 11.6 Å². The highest BCUT2D eigenvalue weighted by molar-refractivity contribution is 6.32. The van der Waals surface area contributed by atoms with Crippen LogP contribution in [0.15, 0.2) is 6.07 Å². The Balaban J connectivity index is 2.05. The largest absolute Gasteiger partial charge is 0.489 e. The van der Waals surface area contributed by atoms with Crippen LogP contribution in [0.25, 0.3) is 0 Å². The molecule has 1 aromatic rings. The first kappa shape index (κ1) is 14.0. The number of nitrogens with one attached hydrogen (secondary N) is 1. The molecule has 3 rings (SSSR count). The number of fused-ring (bicyclic) bond motifs is 1. The Morgan fingerprint density at radius 2 is 1.90 bits per heavy atom. The predicted molar refractivity (Wildman–Crippen MR) is 81.3 cm³/mol. The normalized spacial score (nSPS) is 19.7. The molecule has 4 heteroatoms. The van der Waals surface area contributed by atoms with Gasteiger partial charge >= 0.3 is 0 Å². The minimum absolute atomic E-state index is 0.584. The minimum atomic E-state index is 0.584. The maximum atomic E-state index is 6.45. The highest BCUT2D eigenvalue weighted by Crippen LogP contribution is 2.45. The standard InChI is InChI=1S/C16H22ClNO2/c1-2-12-13(11-4-6-18-7-5-11)10-14(17)16-15(12)19-8-3-9-20-16/h10-11,18H,2-9H2,1H3. The van der Waals surface area contributed by atoms with Gasteiger partial charge < -0.3 is 14.8 Å². The van der Waals surface area contributed by atoms with Crippen molar-refractivity contribution >= 4 is 11.6 Å². The first-order chi connectivity index (χ1) is 9.81. The van der Waals surface area contributed by atoms with Gasteiger partial charge in [-0.2, -0.15) is 0 Å². The molecule has 1 saturated heterocycles. The second kappa shape index (κ2) is 6.23. The van der Waals surface area contributed by atoms with E-state index in [1.165, 1.54) is 24.0 Å². The SMILES string of the molecule is CCc1c(C2CCNCC2)cc(Cl)c2c1OCCCO2. The smallest absolute Gasteiger partial charge is 0.180 e. The number of hydrogen-bond acceptors (Lipinski definition) is 3. The van der Waals surface area contributed by atoms with Gasteiger partial charge in [0.2, 0.25) is 0 Å². The number of halogens is 1. The molecule has 1 fully saturated rings. The van der Waals surface area contributed by atoms with E-state index in [1.54, 1.807) is 0 Å². The third-order valence-electron chi connectivity index (χ3n) is 4.24. The summed E-state index contributed by atoms with van der Waals surface area (Å²) in [5.41, 5.74) is 2.65. The molecule has 0 bridgehead atoms. The van der Waals surface area contributed by atoms with Crippen LogP contribution in [0.3, 0.4) is 0 Å². The van der Waals surface area contributed by atoms with Crippen LogP contribution in [0.4, 0.5) is 0 Å². The lowest BCUT2D eigenvalue weighted by Crippen LogP contribution is -2.27. The van der Waals surface area contributed by atoms with Crippen molar-refractivity contribution in [1.29, 1.82) is 0 Å². The van der Waals surface area contributed by atoms with Gasteiger partial charge in [-0.15, -0.1) is 0 Å². The molecule has 0 unspecified atom stereocenters. The van der Waals surface area contributed by atoms with Crippen LogP contribution in [0.1, 0.15) is 43.2 Å². The van der Waals surface area contributed by atoms with Crippen molar-refractivity contribution in [3.63, 3.8) is 0 Å². The summed E-state index contributed by atoms with van der Waals surface area (Å²) in [5.74, 6) is 2.23. The summed E-state index contributed by atoms with van der Waals surface area (Å²) in [6.07, 6.45) is 4.21. The van der Waals surface area contributed by atoms with Crippen LogP contribution in [0.2, 0.25) is 5.02 Å². The number of piperidine rings is 1. The van der Waals surface area contributed by atoms with Crippen molar-refractivity contribution < 1.29 is 9.47 Å². The average Bonchev–Trinajstić information content (AvgIpc) is 2.74. The van der Waals surface area contributed by atoms with E-state index in [0.29, 0.717) is 24.2 Å². The fourth-order valence-electron chi connectivity index (χ4n) is 3.22. The van der Waals surface area contributed by atoms with E-state index in [1.807, 2.05) is 0 Å². The van der Waals surface area contributed by atoms with E-state index in [2.05, 4.69) is 18.3 Å². The van der Waals surface area contributed by atoms with Gasteiger partial charge in [-0.1, -0.05) is 18.5 Å². The zero-order valence-corrected chi connectivity index (χ0v) is 12.8. The van der Waals surface area contributed by atoms with Crippen molar-refractivity contribution in [2.45, 2.75) is 38.5 Å². The predicted octanol–water partition coefficient (Wildman–Crippen LogP) is 3.53. The Morgan fingerprint density at radius 1 is 1.20 bits per heavy atom. The summed E-state index contributed by atoms with van der Waals surface area (Å²) in [5, 5.41) is 4.12. The topological polar surface area (TPSA) is 30.5 Å². The van der Waals surface area contributed by atoms with Crippen LogP contribution in [0.5, 0.6) is 11.5 Å². The molecule has 2 heterocycles. The lowest BCUT2D eigenvalue weighted by atomic mass is 9.86. The molecule has 0 atom stereocenters. The summed E-state index contributed by atoms with van der Waals surface area (Å²) in [6, 6.07) is 2.11. The fourth-order valence-corrected chi connectivity index (χ4v) is 3.48. The van der Waals surface area contributed by atoms with E-state index in [0.717, 1.165) is 37.4 Å². The Hall–Kier alpha value is -0.930. The first-order valence-electron chi connectivity index (χ1n) is 7.62. The number of ether oxygens (including phenoxy) is 2. The van der Waals surface area contributed by atoms with Gasteiger partial charge in [0.15, 0.2) is 11.5 Å². The lowest BCUT2D eigenvalue weighted by Gasteiger charge is -2.27. The summed E-state index contributed by atoms with van der Waals surface area (Å²) >= 11 is 6.45. The van der Waals surface area contributed by atoms with Gasteiger partial charge in [-0.3, -0.25) is 0 Å². The molecule has 0 aliphatic carbocycles. The second-order valence-electron chi connectivity index (χ2n) is 5.51. The van der Waals surface area contributed by atoms with Crippen LogP contribution < -0.4 is 14.8 Å². The average molecular weight is 296 g/mol. The van der Waals surface area contributed by atoms with Gasteiger partial charge in [0.05, 0.1) is 18.2 Å². The van der Waals surface area contributed by atoms with Crippen molar-refractivity contribution in [3.05, 3.63) is 22.2 Å². The summed E-state index contributed by atoms with van der Waals surface area (Å²) in [6.45, 7) is 5.75. The lowest BCUT2D eigenvalue weighted by molar-refractivity contribution is 0.296. The molecule has 0 spiro atoms. The molecule has 2 aliphatic rings. The molecule has 0 radical (unpaired) electrons. The van der Waals surface area contributed by atoms with Gasteiger partial charge in [0, 0.05) is 12.0 Å². The van der Waals surface area contributed by atoms with E-state index in [9.17, 15) is 0 Å². The molecule has 1 aromatic carbocycles.